The van der Waals surface area contributed by atoms with Gasteiger partial charge in [0, 0.05) is 37.4 Å². The lowest BCUT2D eigenvalue weighted by Gasteiger charge is -2.33. The van der Waals surface area contributed by atoms with Crippen LogP contribution in [0.4, 0.5) is 0 Å². The van der Waals surface area contributed by atoms with Gasteiger partial charge in [0.05, 0.1) is 12.2 Å². The number of amides is 1. The molecule has 0 N–H and O–H groups in total. The van der Waals surface area contributed by atoms with E-state index >= 15 is 0 Å². The van der Waals surface area contributed by atoms with Crippen LogP contribution in [-0.2, 0) is 0 Å². The normalized spacial score (nSPS) is 17.5. The van der Waals surface area contributed by atoms with E-state index in [1.54, 1.807) is 0 Å². The molecule has 0 saturated carbocycles. The largest absolute Gasteiger partial charge is 0.493 e. The summed E-state index contributed by atoms with van der Waals surface area (Å²) >= 11 is 0. The lowest BCUT2D eigenvalue weighted by atomic mass is 9.96. The Labute approximate surface area is 156 Å². The molecule has 0 unspecified atom stereocenters. The smallest absolute Gasteiger partial charge is 0.257 e. The van der Waals surface area contributed by atoms with E-state index in [0.29, 0.717) is 30.5 Å². The van der Waals surface area contributed by atoms with Crippen molar-refractivity contribution < 1.29 is 9.53 Å². The summed E-state index contributed by atoms with van der Waals surface area (Å²) in [6.45, 7) is 8.52. The maximum atomic E-state index is 13.1. The second kappa shape index (κ2) is 8.39. The van der Waals surface area contributed by atoms with Crippen molar-refractivity contribution in [3.05, 3.63) is 48.0 Å². The Kier molecular flexibility index (Phi) is 5.96. The first-order valence-electron chi connectivity index (χ1n) is 9.65. The van der Waals surface area contributed by atoms with Crippen LogP contribution in [0.15, 0.2) is 36.7 Å². The van der Waals surface area contributed by atoms with E-state index in [2.05, 4.69) is 30.3 Å². The zero-order valence-electron chi connectivity index (χ0n) is 16.0. The van der Waals surface area contributed by atoms with Gasteiger partial charge in [-0.1, -0.05) is 19.1 Å². The number of likely N-dealkylation sites (tertiary alicyclic amines) is 1. The molecular weight excluding hydrogens is 326 g/mol. The van der Waals surface area contributed by atoms with Crippen LogP contribution in [0.5, 0.6) is 5.75 Å². The third kappa shape index (κ3) is 3.92. The molecule has 2 aromatic rings. The fourth-order valence-electron chi connectivity index (χ4n) is 3.60. The molecule has 0 spiro atoms. The van der Waals surface area contributed by atoms with Gasteiger partial charge in [0.2, 0.25) is 0 Å². The molecule has 2 heterocycles. The van der Waals surface area contributed by atoms with E-state index in [0.717, 1.165) is 31.6 Å². The first-order chi connectivity index (χ1) is 12.6. The fraction of sp³-hybridized carbons (Fsp3) is 0.524. The monoisotopic (exact) mass is 355 g/mol. The number of imidazole rings is 1. The van der Waals surface area contributed by atoms with Crippen LogP contribution in [0.2, 0.25) is 0 Å². The molecule has 140 valence electrons. The lowest BCUT2D eigenvalue weighted by Crippen LogP contribution is -2.40. The molecule has 1 aliphatic rings. The molecule has 1 atom stereocenters. The van der Waals surface area contributed by atoms with Gasteiger partial charge >= 0.3 is 0 Å². The van der Waals surface area contributed by atoms with Crippen molar-refractivity contribution in [2.45, 2.75) is 52.0 Å². The highest BCUT2D eigenvalue weighted by Crippen LogP contribution is 2.29. The van der Waals surface area contributed by atoms with Crippen LogP contribution in [0.3, 0.4) is 0 Å². The Morgan fingerprint density at radius 2 is 2.15 bits per heavy atom. The average molecular weight is 355 g/mol. The Morgan fingerprint density at radius 3 is 2.92 bits per heavy atom. The molecule has 5 heteroatoms. The molecule has 0 aliphatic carbocycles. The van der Waals surface area contributed by atoms with Crippen molar-refractivity contribution in [2.75, 3.05) is 19.7 Å². The maximum Gasteiger partial charge on any atom is 0.257 e. The van der Waals surface area contributed by atoms with Crippen LogP contribution >= 0.6 is 0 Å². The Morgan fingerprint density at radius 1 is 1.35 bits per heavy atom. The molecular formula is C21H29N3O2. The van der Waals surface area contributed by atoms with E-state index in [1.165, 1.54) is 0 Å². The quantitative estimate of drug-likeness (QED) is 0.777. The van der Waals surface area contributed by atoms with E-state index in [4.69, 9.17) is 4.74 Å². The van der Waals surface area contributed by atoms with Crippen LogP contribution in [0.25, 0.3) is 0 Å². The standard InChI is InChI=1S/C21H29N3O2/c1-4-14-26-19-10-6-5-9-18(19)21(25)23-12-7-8-17(15-23)20-22-11-13-24(20)16(2)3/h5-6,9-11,13,16-17H,4,7-8,12,14-15H2,1-3H3/t17-/m1/s1. The molecule has 0 radical (unpaired) electrons. The second-order valence-electron chi connectivity index (χ2n) is 7.22. The number of ether oxygens (including phenoxy) is 1. The summed E-state index contributed by atoms with van der Waals surface area (Å²) < 4.78 is 8.00. The summed E-state index contributed by atoms with van der Waals surface area (Å²) in [5.74, 6) is 2.12. The summed E-state index contributed by atoms with van der Waals surface area (Å²) in [5, 5.41) is 0. The molecule has 5 nitrogen and oxygen atoms in total. The predicted octanol–water partition coefficient (Wildman–Crippen LogP) is 4.27. The summed E-state index contributed by atoms with van der Waals surface area (Å²) in [5.41, 5.74) is 0.661. The maximum absolute atomic E-state index is 13.1. The zero-order chi connectivity index (χ0) is 18.5. The molecule has 26 heavy (non-hydrogen) atoms. The summed E-state index contributed by atoms with van der Waals surface area (Å²) in [6.07, 6.45) is 6.89. The van der Waals surface area contributed by atoms with Gasteiger partial charge < -0.3 is 14.2 Å². The first kappa shape index (κ1) is 18.5. The minimum Gasteiger partial charge on any atom is -0.493 e. The van der Waals surface area contributed by atoms with Crippen LogP contribution in [-0.4, -0.2) is 40.1 Å². The number of aromatic nitrogens is 2. The van der Waals surface area contributed by atoms with Gasteiger partial charge in [0.15, 0.2) is 0 Å². The highest BCUT2D eigenvalue weighted by Gasteiger charge is 2.29. The third-order valence-electron chi connectivity index (χ3n) is 4.91. The topological polar surface area (TPSA) is 47.4 Å². The second-order valence-corrected chi connectivity index (χ2v) is 7.22. The van der Waals surface area contributed by atoms with E-state index < -0.39 is 0 Å². The summed E-state index contributed by atoms with van der Waals surface area (Å²) in [7, 11) is 0. The first-order valence-corrected chi connectivity index (χ1v) is 9.65. The third-order valence-corrected chi connectivity index (χ3v) is 4.91. The van der Waals surface area contributed by atoms with Crippen molar-refractivity contribution >= 4 is 5.91 Å². The number of benzene rings is 1. The van der Waals surface area contributed by atoms with Gasteiger partial charge in [0.25, 0.3) is 5.91 Å². The van der Waals surface area contributed by atoms with E-state index in [9.17, 15) is 4.79 Å². The van der Waals surface area contributed by atoms with Gasteiger partial charge in [-0.15, -0.1) is 0 Å². The van der Waals surface area contributed by atoms with Crippen molar-refractivity contribution in [2.24, 2.45) is 0 Å². The highest BCUT2D eigenvalue weighted by molar-refractivity contribution is 5.97. The summed E-state index contributed by atoms with van der Waals surface area (Å²) in [4.78, 5) is 19.7. The molecule has 1 fully saturated rings. The molecule has 3 rings (SSSR count). The molecule has 0 bridgehead atoms. The van der Waals surface area contributed by atoms with Gasteiger partial charge in [-0.2, -0.15) is 0 Å². The molecule has 1 aliphatic heterocycles. The Balaban J connectivity index is 1.77. The van der Waals surface area contributed by atoms with Gasteiger partial charge in [-0.3, -0.25) is 4.79 Å². The van der Waals surface area contributed by atoms with Crippen molar-refractivity contribution in [3.63, 3.8) is 0 Å². The zero-order valence-corrected chi connectivity index (χ0v) is 16.0. The van der Waals surface area contributed by atoms with E-state index in [-0.39, 0.29) is 11.8 Å². The van der Waals surface area contributed by atoms with E-state index in [1.807, 2.05) is 41.6 Å². The minimum absolute atomic E-state index is 0.0593. The minimum atomic E-state index is 0.0593. The number of carbonyl (C=O) groups excluding carboxylic acids is 1. The Bertz CT molecular complexity index is 738. The van der Waals surface area contributed by atoms with Crippen LogP contribution in [0, 0.1) is 0 Å². The lowest BCUT2D eigenvalue weighted by molar-refractivity contribution is 0.0698. The van der Waals surface area contributed by atoms with Gasteiger partial charge in [0.1, 0.15) is 11.6 Å². The SMILES string of the molecule is CCCOc1ccccc1C(=O)N1CCC[C@@H](c2nccn2C(C)C)C1. The number of rotatable bonds is 6. The molecule has 1 saturated heterocycles. The summed E-state index contributed by atoms with van der Waals surface area (Å²) in [6, 6.07) is 7.95. The molecule has 1 amide bonds. The number of carbonyl (C=O) groups is 1. The molecule has 1 aromatic carbocycles. The van der Waals surface area contributed by atoms with Gasteiger partial charge in [-0.25, -0.2) is 4.98 Å². The number of nitrogens with zero attached hydrogens (tertiary/aromatic N) is 3. The van der Waals surface area contributed by atoms with Crippen LogP contribution in [0.1, 0.15) is 68.2 Å². The van der Waals surface area contributed by atoms with Crippen molar-refractivity contribution in [3.8, 4) is 5.75 Å². The number of hydrogen-bond donors (Lipinski definition) is 0. The van der Waals surface area contributed by atoms with Crippen LogP contribution < -0.4 is 4.74 Å². The predicted molar refractivity (Wildman–Crippen MR) is 103 cm³/mol. The number of para-hydroxylation sites is 1. The number of hydrogen-bond acceptors (Lipinski definition) is 3. The number of piperidine rings is 1. The fourth-order valence-corrected chi connectivity index (χ4v) is 3.60. The molecule has 1 aromatic heterocycles. The van der Waals surface area contributed by atoms with Crippen molar-refractivity contribution in [1.29, 1.82) is 0 Å². The van der Waals surface area contributed by atoms with Crippen molar-refractivity contribution in [1.82, 2.24) is 14.5 Å². The highest BCUT2D eigenvalue weighted by atomic mass is 16.5. The Hall–Kier alpha value is -2.30. The van der Waals surface area contributed by atoms with Gasteiger partial charge in [-0.05, 0) is 45.2 Å². The average Bonchev–Trinajstić information content (AvgIpc) is 3.16.